The standard InChI is InChI=1S/C26H37IO3/c1-18-8-9-21(24(14-18)30-17-28)20-12-13-26(2)23(22(20)15-27)10-11-25(26)29-16-19-6-4-3-5-7-19/h3-7,17-18,20-25H,8-16H2,1-2H3/t18-,20+,21+,22+,23-,24-,25-,26-/m0/s1. The second kappa shape index (κ2) is 9.89. The average molecular weight is 524 g/mol. The average Bonchev–Trinajstić information content (AvgIpc) is 3.09. The lowest BCUT2D eigenvalue weighted by atomic mass is 9.56. The zero-order valence-corrected chi connectivity index (χ0v) is 20.6. The third-order valence-corrected chi connectivity index (χ3v) is 9.78. The quantitative estimate of drug-likeness (QED) is 0.234. The predicted octanol–water partition coefficient (Wildman–Crippen LogP) is 6.43. The highest BCUT2D eigenvalue weighted by atomic mass is 127. The lowest BCUT2D eigenvalue weighted by molar-refractivity contribution is -0.144. The highest BCUT2D eigenvalue weighted by Crippen LogP contribution is 2.60. The first-order valence-corrected chi connectivity index (χ1v) is 13.4. The summed E-state index contributed by atoms with van der Waals surface area (Å²) in [5, 5.41) is 0. The molecule has 3 aliphatic rings. The van der Waals surface area contributed by atoms with Crippen molar-refractivity contribution < 1.29 is 14.3 Å². The van der Waals surface area contributed by atoms with Crippen LogP contribution < -0.4 is 0 Å². The summed E-state index contributed by atoms with van der Waals surface area (Å²) in [6, 6.07) is 10.6. The van der Waals surface area contributed by atoms with Crippen LogP contribution in [0.3, 0.4) is 0 Å². The van der Waals surface area contributed by atoms with Crippen molar-refractivity contribution >= 4 is 29.1 Å². The van der Waals surface area contributed by atoms with E-state index < -0.39 is 0 Å². The van der Waals surface area contributed by atoms with E-state index in [0.29, 0.717) is 36.2 Å². The Hall–Kier alpha value is -0.620. The van der Waals surface area contributed by atoms with Crippen molar-refractivity contribution in [3.8, 4) is 0 Å². The molecular weight excluding hydrogens is 487 g/mol. The van der Waals surface area contributed by atoms with Crippen molar-refractivity contribution in [2.45, 2.75) is 77.6 Å². The molecule has 0 heterocycles. The number of alkyl halides is 1. The molecule has 3 saturated carbocycles. The number of carbonyl (C=O) groups is 1. The van der Waals surface area contributed by atoms with E-state index in [1.165, 1.54) is 48.5 Å². The van der Waals surface area contributed by atoms with Crippen molar-refractivity contribution in [3.63, 3.8) is 0 Å². The Morgan fingerprint density at radius 1 is 1.10 bits per heavy atom. The number of hydrogen-bond acceptors (Lipinski definition) is 3. The highest BCUT2D eigenvalue weighted by molar-refractivity contribution is 14.1. The van der Waals surface area contributed by atoms with Crippen LogP contribution in [0.15, 0.2) is 30.3 Å². The van der Waals surface area contributed by atoms with Crippen molar-refractivity contribution in [1.82, 2.24) is 0 Å². The fraction of sp³-hybridized carbons (Fsp3) is 0.731. The van der Waals surface area contributed by atoms with Gasteiger partial charge < -0.3 is 9.47 Å². The topological polar surface area (TPSA) is 35.5 Å². The van der Waals surface area contributed by atoms with Gasteiger partial charge in [-0.3, -0.25) is 4.79 Å². The highest BCUT2D eigenvalue weighted by Gasteiger charge is 2.56. The number of halogens is 1. The molecule has 0 saturated heterocycles. The van der Waals surface area contributed by atoms with Gasteiger partial charge in [0.2, 0.25) is 0 Å². The van der Waals surface area contributed by atoms with Crippen LogP contribution in [0.2, 0.25) is 0 Å². The van der Waals surface area contributed by atoms with E-state index in [2.05, 4.69) is 66.8 Å². The molecular formula is C26H37IO3. The van der Waals surface area contributed by atoms with E-state index in [0.717, 1.165) is 18.9 Å². The fourth-order valence-electron chi connectivity index (χ4n) is 7.14. The van der Waals surface area contributed by atoms with Gasteiger partial charge in [0.25, 0.3) is 6.47 Å². The lowest BCUT2D eigenvalue weighted by Crippen LogP contribution is -2.49. The number of ether oxygens (including phenoxy) is 2. The number of fused-ring (bicyclic) bond motifs is 1. The molecule has 4 rings (SSSR count). The minimum Gasteiger partial charge on any atom is -0.464 e. The van der Waals surface area contributed by atoms with Crippen molar-refractivity contribution in [3.05, 3.63) is 35.9 Å². The Morgan fingerprint density at radius 3 is 2.63 bits per heavy atom. The van der Waals surface area contributed by atoms with Crippen LogP contribution in [0.5, 0.6) is 0 Å². The van der Waals surface area contributed by atoms with Gasteiger partial charge >= 0.3 is 0 Å². The molecule has 3 nitrogen and oxygen atoms in total. The second-order valence-electron chi connectivity index (χ2n) is 10.3. The largest absolute Gasteiger partial charge is 0.464 e. The van der Waals surface area contributed by atoms with Crippen LogP contribution in [-0.4, -0.2) is 23.1 Å². The maximum absolute atomic E-state index is 11.2. The van der Waals surface area contributed by atoms with Crippen molar-refractivity contribution in [2.24, 2.45) is 35.0 Å². The van der Waals surface area contributed by atoms with Gasteiger partial charge in [0.15, 0.2) is 0 Å². The van der Waals surface area contributed by atoms with Crippen LogP contribution in [0.1, 0.15) is 64.4 Å². The van der Waals surface area contributed by atoms with Gasteiger partial charge in [0.1, 0.15) is 6.10 Å². The third kappa shape index (κ3) is 4.46. The SMILES string of the molecule is C[C@H]1CC[C@H]([C@H]2CC[C@]3(C)[C@@H](OCc4ccccc4)CC[C@H]3[C@@H]2CI)[C@@H](OC=O)C1. The zero-order valence-electron chi connectivity index (χ0n) is 18.5. The molecule has 0 radical (unpaired) electrons. The Kier molecular flexibility index (Phi) is 7.44. The van der Waals surface area contributed by atoms with E-state index in [1.807, 2.05) is 0 Å². The Balaban J connectivity index is 1.46. The maximum Gasteiger partial charge on any atom is 0.293 e. The normalized spacial score (nSPS) is 41.2. The summed E-state index contributed by atoms with van der Waals surface area (Å²) in [6.45, 7) is 6.22. The van der Waals surface area contributed by atoms with Crippen LogP contribution >= 0.6 is 22.6 Å². The van der Waals surface area contributed by atoms with Crippen LogP contribution in [0.25, 0.3) is 0 Å². The molecule has 4 heteroatoms. The predicted molar refractivity (Wildman–Crippen MR) is 128 cm³/mol. The first kappa shape index (κ1) is 22.6. The molecule has 166 valence electrons. The molecule has 0 unspecified atom stereocenters. The van der Waals surface area contributed by atoms with Crippen molar-refractivity contribution in [2.75, 3.05) is 4.43 Å². The summed E-state index contributed by atoms with van der Waals surface area (Å²) < 4.78 is 13.4. The number of benzene rings is 1. The Bertz CT molecular complexity index is 695. The molecule has 0 bridgehead atoms. The van der Waals surface area contributed by atoms with E-state index in [-0.39, 0.29) is 11.5 Å². The van der Waals surface area contributed by atoms with Gasteiger partial charge in [-0.25, -0.2) is 0 Å². The summed E-state index contributed by atoms with van der Waals surface area (Å²) in [5.41, 5.74) is 1.55. The first-order chi connectivity index (χ1) is 14.6. The van der Waals surface area contributed by atoms with Gasteiger partial charge in [-0.1, -0.05) is 73.2 Å². The van der Waals surface area contributed by atoms with Crippen molar-refractivity contribution in [1.29, 1.82) is 0 Å². The van der Waals surface area contributed by atoms with Gasteiger partial charge in [-0.15, -0.1) is 0 Å². The first-order valence-electron chi connectivity index (χ1n) is 11.9. The summed E-state index contributed by atoms with van der Waals surface area (Å²) in [7, 11) is 0. The van der Waals surface area contributed by atoms with Crippen LogP contribution in [0, 0.1) is 35.0 Å². The van der Waals surface area contributed by atoms with Gasteiger partial charge in [0.05, 0.1) is 12.7 Å². The maximum atomic E-state index is 11.2. The third-order valence-electron chi connectivity index (χ3n) is 8.76. The summed E-state index contributed by atoms with van der Waals surface area (Å²) >= 11 is 2.62. The molecule has 0 aliphatic heterocycles. The number of rotatable bonds is 7. The molecule has 0 spiro atoms. The molecule has 8 atom stereocenters. The minimum atomic E-state index is 0.123. The molecule has 0 N–H and O–H groups in total. The van der Waals surface area contributed by atoms with E-state index >= 15 is 0 Å². The fourth-order valence-corrected chi connectivity index (χ4v) is 8.40. The number of hydrogen-bond donors (Lipinski definition) is 0. The summed E-state index contributed by atoms with van der Waals surface area (Å²) in [6.07, 6.45) is 8.98. The van der Waals surface area contributed by atoms with E-state index in [4.69, 9.17) is 9.47 Å². The molecule has 3 fully saturated rings. The van der Waals surface area contributed by atoms with Gasteiger partial charge in [-0.05, 0) is 79.1 Å². The zero-order chi connectivity index (χ0) is 21.1. The summed E-state index contributed by atoms with van der Waals surface area (Å²) in [4.78, 5) is 11.2. The second-order valence-corrected chi connectivity index (χ2v) is 11.2. The Labute approximate surface area is 195 Å². The van der Waals surface area contributed by atoms with Crippen LogP contribution in [0.4, 0.5) is 0 Å². The van der Waals surface area contributed by atoms with E-state index in [1.54, 1.807) is 0 Å². The molecule has 0 aromatic heterocycles. The summed E-state index contributed by atoms with van der Waals surface area (Å²) in [5.74, 6) is 3.33. The molecule has 1 aromatic rings. The molecule has 3 aliphatic carbocycles. The monoisotopic (exact) mass is 524 g/mol. The van der Waals surface area contributed by atoms with Gasteiger partial charge in [0, 0.05) is 4.43 Å². The molecule has 30 heavy (non-hydrogen) atoms. The van der Waals surface area contributed by atoms with Crippen LogP contribution in [-0.2, 0) is 20.9 Å². The minimum absolute atomic E-state index is 0.123. The van der Waals surface area contributed by atoms with E-state index in [9.17, 15) is 4.79 Å². The molecule has 1 aromatic carbocycles. The lowest BCUT2D eigenvalue weighted by Gasteiger charge is -2.52. The van der Waals surface area contributed by atoms with Gasteiger partial charge in [-0.2, -0.15) is 0 Å². The molecule has 0 amide bonds. The Morgan fingerprint density at radius 2 is 1.90 bits per heavy atom. The smallest absolute Gasteiger partial charge is 0.293 e. The number of carbonyl (C=O) groups excluding carboxylic acids is 1.